The zero-order valence-corrected chi connectivity index (χ0v) is 11.9. The third-order valence-corrected chi connectivity index (χ3v) is 4.03. The molecule has 4 rings (SSSR count). The number of halogens is 1. The van der Waals surface area contributed by atoms with E-state index >= 15 is 0 Å². The zero-order valence-electron chi connectivity index (χ0n) is 11.9. The molecule has 1 atom stereocenters. The largest absolute Gasteiger partial charge is 0.440 e. The summed E-state index contributed by atoms with van der Waals surface area (Å²) in [6.45, 7) is 1.44. The Bertz CT molecular complexity index is 770. The highest BCUT2D eigenvalue weighted by atomic mass is 19.1. The molecule has 112 valence electrons. The lowest BCUT2D eigenvalue weighted by Gasteiger charge is -2.32. The minimum absolute atomic E-state index is 0.149. The summed E-state index contributed by atoms with van der Waals surface area (Å²) in [4.78, 5) is 14.3. The highest BCUT2D eigenvalue weighted by Crippen LogP contribution is 2.31. The highest BCUT2D eigenvalue weighted by Gasteiger charge is 2.27. The summed E-state index contributed by atoms with van der Waals surface area (Å²) in [6, 6.07) is 7.72. The van der Waals surface area contributed by atoms with Crippen molar-refractivity contribution < 1.29 is 8.81 Å². The summed E-state index contributed by atoms with van der Waals surface area (Å²) < 4.78 is 19.7. The van der Waals surface area contributed by atoms with Crippen LogP contribution in [0.2, 0.25) is 0 Å². The van der Waals surface area contributed by atoms with E-state index in [0.29, 0.717) is 12.4 Å². The van der Waals surface area contributed by atoms with Crippen LogP contribution in [0.3, 0.4) is 0 Å². The number of piperidine rings is 1. The van der Waals surface area contributed by atoms with Gasteiger partial charge in [0, 0.05) is 13.1 Å². The summed E-state index contributed by atoms with van der Waals surface area (Å²) in [5.74, 6) is 0.840. The molecule has 1 fully saturated rings. The third-order valence-electron chi connectivity index (χ3n) is 4.03. The van der Waals surface area contributed by atoms with Crippen LogP contribution in [-0.2, 0) is 0 Å². The number of aromatic nitrogens is 3. The molecule has 3 heterocycles. The smallest absolute Gasteiger partial charge is 0.200 e. The van der Waals surface area contributed by atoms with E-state index in [1.165, 1.54) is 12.5 Å². The molecule has 1 aliphatic heterocycles. The molecule has 0 spiro atoms. The molecule has 0 aliphatic carbocycles. The van der Waals surface area contributed by atoms with Gasteiger partial charge in [0.25, 0.3) is 0 Å². The minimum Gasteiger partial charge on any atom is -0.440 e. The van der Waals surface area contributed by atoms with Crippen molar-refractivity contribution in [2.75, 3.05) is 18.0 Å². The molecule has 0 radical (unpaired) electrons. The molecule has 0 bridgehead atoms. The fourth-order valence-corrected chi connectivity index (χ4v) is 2.97. The van der Waals surface area contributed by atoms with E-state index in [2.05, 4.69) is 15.0 Å². The van der Waals surface area contributed by atoms with Crippen LogP contribution in [0.1, 0.15) is 24.7 Å². The Balaban J connectivity index is 1.62. The molecular formula is C16H15FN4O. The Morgan fingerprint density at radius 3 is 3.05 bits per heavy atom. The number of oxazole rings is 1. The molecule has 5 nitrogen and oxygen atoms in total. The van der Waals surface area contributed by atoms with E-state index in [9.17, 15) is 4.39 Å². The van der Waals surface area contributed by atoms with E-state index in [0.717, 1.165) is 36.4 Å². The van der Waals surface area contributed by atoms with Crippen molar-refractivity contribution >= 4 is 16.9 Å². The molecule has 1 aliphatic rings. The Hall–Kier alpha value is -2.50. The number of hydrogen-bond acceptors (Lipinski definition) is 5. The molecule has 3 aromatic rings. The van der Waals surface area contributed by atoms with Crippen LogP contribution >= 0.6 is 0 Å². The first-order chi connectivity index (χ1) is 10.8. The number of para-hydroxylation sites is 2. The second kappa shape index (κ2) is 5.36. The first-order valence-electron chi connectivity index (χ1n) is 7.37. The van der Waals surface area contributed by atoms with E-state index in [-0.39, 0.29) is 11.7 Å². The van der Waals surface area contributed by atoms with Crippen molar-refractivity contribution in [1.29, 1.82) is 0 Å². The molecule has 22 heavy (non-hydrogen) atoms. The quantitative estimate of drug-likeness (QED) is 0.727. The molecule has 0 saturated carbocycles. The van der Waals surface area contributed by atoms with Gasteiger partial charge in [-0.1, -0.05) is 12.1 Å². The number of hydrogen-bond donors (Lipinski definition) is 0. The van der Waals surface area contributed by atoms with Gasteiger partial charge in [-0.15, -0.1) is 0 Å². The van der Waals surface area contributed by atoms with Gasteiger partial charge in [-0.2, -0.15) is 0 Å². The molecule has 1 aromatic carbocycles. The van der Waals surface area contributed by atoms with Crippen molar-refractivity contribution in [3.05, 3.63) is 48.5 Å². The lowest BCUT2D eigenvalue weighted by atomic mass is 9.98. The fourth-order valence-electron chi connectivity index (χ4n) is 2.97. The second-order valence-electron chi connectivity index (χ2n) is 5.50. The normalized spacial score (nSPS) is 18.8. The van der Waals surface area contributed by atoms with Gasteiger partial charge in [0.05, 0.1) is 12.1 Å². The first-order valence-corrected chi connectivity index (χ1v) is 7.37. The van der Waals surface area contributed by atoms with Crippen molar-refractivity contribution in [2.24, 2.45) is 0 Å². The summed E-state index contributed by atoms with van der Waals surface area (Å²) in [7, 11) is 0. The summed E-state index contributed by atoms with van der Waals surface area (Å²) >= 11 is 0. The number of rotatable bonds is 2. The van der Waals surface area contributed by atoms with Crippen LogP contribution < -0.4 is 4.90 Å². The monoisotopic (exact) mass is 298 g/mol. The minimum atomic E-state index is -0.388. The predicted molar refractivity (Wildman–Crippen MR) is 80.2 cm³/mol. The highest BCUT2D eigenvalue weighted by molar-refractivity contribution is 5.72. The lowest BCUT2D eigenvalue weighted by Crippen LogP contribution is -2.35. The molecule has 0 N–H and O–H groups in total. The van der Waals surface area contributed by atoms with Crippen molar-refractivity contribution in [2.45, 2.75) is 18.8 Å². The maximum absolute atomic E-state index is 13.9. The predicted octanol–water partition coefficient (Wildman–Crippen LogP) is 3.14. The van der Waals surface area contributed by atoms with E-state index < -0.39 is 0 Å². The van der Waals surface area contributed by atoms with Crippen molar-refractivity contribution in [3.63, 3.8) is 0 Å². The van der Waals surface area contributed by atoms with Gasteiger partial charge in [-0.05, 0) is 25.0 Å². The molecule has 0 amide bonds. The van der Waals surface area contributed by atoms with Crippen molar-refractivity contribution in [3.8, 4) is 0 Å². The second-order valence-corrected chi connectivity index (χ2v) is 5.50. The first kappa shape index (κ1) is 13.2. The average molecular weight is 298 g/mol. The Labute approximate surface area is 126 Å². The van der Waals surface area contributed by atoms with Gasteiger partial charge in [0.1, 0.15) is 11.8 Å². The van der Waals surface area contributed by atoms with Crippen LogP contribution in [0, 0.1) is 5.82 Å². The molecule has 6 heteroatoms. The molecule has 1 saturated heterocycles. The van der Waals surface area contributed by atoms with E-state index in [1.807, 2.05) is 29.2 Å². The van der Waals surface area contributed by atoms with Gasteiger partial charge in [-0.3, -0.25) is 0 Å². The maximum atomic E-state index is 13.9. The number of anilines is 1. The summed E-state index contributed by atoms with van der Waals surface area (Å²) in [5, 5.41) is 0. The van der Waals surface area contributed by atoms with Gasteiger partial charge in [-0.25, -0.2) is 19.3 Å². The molecular weight excluding hydrogens is 283 g/mol. The van der Waals surface area contributed by atoms with Crippen molar-refractivity contribution in [1.82, 2.24) is 15.0 Å². The zero-order chi connectivity index (χ0) is 14.9. The Kier molecular flexibility index (Phi) is 3.21. The van der Waals surface area contributed by atoms with Gasteiger partial charge < -0.3 is 9.32 Å². The van der Waals surface area contributed by atoms with Crippen LogP contribution in [0.15, 0.2) is 41.2 Å². The lowest BCUT2D eigenvalue weighted by molar-refractivity contribution is 0.409. The van der Waals surface area contributed by atoms with Crippen LogP contribution in [0.4, 0.5) is 10.2 Å². The Morgan fingerprint density at radius 1 is 1.27 bits per heavy atom. The van der Waals surface area contributed by atoms with Gasteiger partial charge in [0.2, 0.25) is 0 Å². The topological polar surface area (TPSA) is 55.1 Å². The van der Waals surface area contributed by atoms with E-state index in [1.54, 1.807) is 0 Å². The number of fused-ring (bicyclic) bond motifs is 1. The maximum Gasteiger partial charge on any atom is 0.200 e. The van der Waals surface area contributed by atoms with Crippen LogP contribution in [0.5, 0.6) is 0 Å². The van der Waals surface area contributed by atoms with Crippen LogP contribution in [-0.4, -0.2) is 28.0 Å². The number of nitrogens with zero attached hydrogens (tertiary/aromatic N) is 4. The SMILES string of the molecule is Fc1cncnc1N1CCCC(c2nc3ccccc3o2)C1. The summed E-state index contributed by atoms with van der Waals surface area (Å²) in [6.07, 6.45) is 4.51. The average Bonchev–Trinajstić information content (AvgIpc) is 2.99. The van der Waals surface area contributed by atoms with Gasteiger partial charge >= 0.3 is 0 Å². The van der Waals surface area contributed by atoms with Gasteiger partial charge in [0.15, 0.2) is 23.1 Å². The third kappa shape index (κ3) is 2.30. The van der Waals surface area contributed by atoms with Crippen LogP contribution in [0.25, 0.3) is 11.1 Å². The fraction of sp³-hybridized carbons (Fsp3) is 0.312. The van der Waals surface area contributed by atoms with E-state index in [4.69, 9.17) is 4.42 Å². The molecule has 1 unspecified atom stereocenters. The summed E-state index contributed by atoms with van der Waals surface area (Å²) in [5.41, 5.74) is 1.66. The Morgan fingerprint density at radius 2 is 2.18 bits per heavy atom. The standard InChI is InChI=1S/C16H15FN4O/c17-12-8-18-10-19-15(12)21-7-3-4-11(9-21)16-20-13-5-1-2-6-14(13)22-16/h1-2,5-6,8,10-11H,3-4,7,9H2. The molecule has 2 aromatic heterocycles. The number of benzene rings is 1.